The largest absolute Gasteiger partial charge is 0.480 e. The minimum Gasteiger partial charge on any atom is -0.480 e. The number of amides is 1. The van der Waals surface area contributed by atoms with Gasteiger partial charge in [-0.2, -0.15) is 0 Å². The molecule has 30 heavy (non-hydrogen) atoms. The average molecular weight is 428 g/mol. The van der Waals surface area contributed by atoms with Gasteiger partial charge in [0, 0.05) is 6.42 Å². The Morgan fingerprint density at radius 3 is 1.30 bits per heavy atom. The molecule has 3 N–H and O–H groups in total. The monoisotopic (exact) mass is 427 g/mol. The Bertz CT molecular complexity index is 412. The zero-order valence-electron chi connectivity index (χ0n) is 19.8. The maximum atomic E-state index is 11.7. The third kappa shape index (κ3) is 18.9. The second kappa shape index (κ2) is 21.1. The van der Waals surface area contributed by atoms with Gasteiger partial charge in [-0.1, -0.05) is 116 Å². The maximum absolute atomic E-state index is 11.7. The van der Waals surface area contributed by atoms with Crippen LogP contribution in [0.1, 0.15) is 136 Å². The van der Waals surface area contributed by atoms with E-state index < -0.39 is 18.1 Å². The fourth-order valence-corrected chi connectivity index (χ4v) is 3.82. The maximum Gasteiger partial charge on any atom is 0.328 e. The molecule has 0 aromatic heterocycles. The van der Waals surface area contributed by atoms with Crippen LogP contribution in [0.3, 0.4) is 0 Å². The van der Waals surface area contributed by atoms with Crippen LogP contribution < -0.4 is 5.32 Å². The van der Waals surface area contributed by atoms with Crippen molar-refractivity contribution in [2.45, 2.75) is 148 Å². The van der Waals surface area contributed by atoms with Crippen molar-refractivity contribution in [3.63, 3.8) is 0 Å². The van der Waals surface area contributed by atoms with Gasteiger partial charge in [-0.3, -0.25) is 4.79 Å². The van der Waals surface area contributed by atoms with Gasteiger partial charge in [0.1, 0.15) is 0 Å². The van der Waals surface area contributed by atoms with Crippen LogP contribution in [0, 0.1) is 0 Å². The van der Waals surface area contributed by atoms with Crippen molar-refractivity contribution >= 4 is 11.9 Å². The number of hydrogen-bond acceptors (Lipinski definition) is 3. The smallest absolute Gasteiger partial charge is 0.328 e. The molecule has 0 aromatic rings. The normalized spacial score (nSPS) is 13.2. The second-order valence-electron chi connectivity index (χ2n) is 8.88. The molecule has 0 saturated carbocycles. The van der Waals surface area contributed by atoms with Crippen molar-refractivity contribution in [2.75, 3.05) is 0 Å². The number of carboxylic acids is 1. The number of aliphatic hydroxyl groups excluding tert-OH is 1. The van der Waals surface area contributed by atoms with Gasteiger partial charge in [-0.15, -0.1) is 0 Å². The first kappa shape index (κ1) is 28.9. The summed E-state index contributed by atoms with van der Waals surface area (Å²) in [5.74, 6) is -1.49. The van der Waals surface area contributed by atoms with E-state index in [0.29, 0.717) is 6.42 Å². The number of aliphatic hydroxyl groups is 1. The highest BCUT2D eigenvalue weighted by molar-refractivity contribution is 5.83. The highest BCUT2D eigenvalue weighted by atomic mass is 16.4. The van der Waals surface area contributed by atoms with E-state index in [1.165, 1.54) is 103 Å². The summed E-state index contributed by atoms with van der Waals surface area (Å²) < 4.78 is 0. The first-order valence-electron chi connectivity index (χ1n) is 12.7. The molecule has 5 nitrogen and oxygen atoms in total. The summed E-state index contributed by atoms with van der Waals surface area (Å²) in [4.78, 5) is 22.7. The molecule has 0 aliphatic carbocycles. The molecule has 5 heteroatoms. The van der Waals surface area contributed by atoms with Crippen LogP contribution in [0.5, 0.6) is 0 Å². The topological polar surface area (TPSA) is 86.6 Å². The summed E-state index contributed by atoms with van der Waals surface area (Å²) in [5, 5.41) is 20.7. The molecule has 0 radical (unpaired) electrons. The number of carbonyl (C=O) groups excluding carboxylic acids is 1. The van der Waals surface area contributed by atoms with E-state index >= 15 is 0 Å². The van der Waals surface area contributed by atoms with Gasteiger partial charge in [0.25, 0.3) is 0 Å². The lowest BCUT2D eigenvalue weighted by Crippen LogP contribution is -2.47. The zero-order chi connectivity index (χ0) is 22.5. The van der Waals surface area contributed by atoms with Gasteiger partial charge in [0.2, 0.25) is 5.91 Å². The number of rotatable bonds is 22. The average Bonchev–Trinajstić information content (AvgIpc) is 2.70. The molecule has 0 saturated heterocycles. The highest BCUT2D eigenvalue weighted by Gasteiger charge is 2.24. The quantitative estimate of drug-likeness (QED) is 0.175. The van der Waals surface area contributed by atoms with Crippen LogP contribution in [-0.4, -0.2) is 34.2 Å². The van der Waals surface area contributed by atoms with Crippen molar-refractivity contribution in [3.8, 4) is 0 Å². The summed E-state index contributed by atoms with van der Waals surface area (Å²) in [7, 11) is 0. The Hall–Kier alpha value is -1.10. The van der Waals surface area contributed by atoms with Crippen LogP contribution in [-0.2, 0) is 9.59 Å². The first-order chi connectivity index (χ1) is 14.5. The second-order valence-corrected chi connectivity index (χ2v) is 8.88. The first-order valence-corrected chi connectivity index (χ1v) is 12.7. The number of carboxylic acid groups (broad SMARTS) is 1. The number of nitrogens with one attached hydrogen (secondary N) is 1. The van der Waals surface area contributed by atoms with E-state index in [2.05, 4.69) is 12.2 Å². The van der Waals surface area contributed by atoms with Crippen LogP contribution >= 0.6 is 0 Å². The van der Waals surface area contributed by atoms with Crippen LogP contribution in [0.15, 0.2) is 0 Å². The summed E-state index contributed by atoms with van der Waals surface area (Å²) in [5.41, 5.74) is 0. The molecule has 0 spiro atoms. The van der Waals surface area contributed by atoms with E-state index in [4.69, 9.17) is 5.11 Å². The minimum absolute atomic E-state index is 0.292. The van der Waals surface area contributed by atoms with Gasteiger partial charge >= 0.3 is 5.97 Å². The summed E-state index contributed by atoms with van der Waals surface area (Å²) >= 11 is 0. The number of aliphatic carboxylic acids is 1. The van der Waals surface area contributed by atoms with Crippen LogP contribution in [0.25, 0.3) is 0 Å². The molecule has 0 rings (SSSR count). The lowest BCUT2D eigenvalue weighted by molar-refractivity contribution is -0.144. The molecule has 0 unspecified atom stereocenters. The third-order valence-corrected chi connectivity index (χ3v) is 5.82. The van der Waals surface area contributed by atoms with Crippen molar-refractivity contribution in [2.24, 2.45) is 0 Å². The van der Waals surface area contributed by atoms with Gasteiger partial charge in [-0.05, 0) is 13.3 Å². The fourth-order valence-electron chi connectivity index (χ4n) is 3.82. The van der Waals surface area contributed by atoms with Gasteiger partial charge in [0.15, 0.2) is 6.04 Å². The molecule has 1 amide bonds. The molecule has 0 heterocycles. The van der Waals surface area contributed by atoms with Crippen LogP contribution in [0.4, 0.5) is 0 Å². The van der Waals surface area contributed by atoms with E-state index in [0.717, 1.165) is 19.3 Å². The molecular weight excluding hydrogens is 378 g/mol. The number of hydrogen-bond donors (Lipinski definition) is 3. The van der Waals surface area contributed by atoms with E-state index in [9.17, 15) is 14.7 Å². The standard InChI is InChI=1S/C25H49NO4/c1-3-4-5-6-7-8-9-10-11-12-13-14-15-16-17-18-19-20-21-23(28)26-24(22(2)27)25(29)30/h22,24,27H,3-21H2,1-2H3,(H,26,28)(H,29,30)/t22-,24+/m1/s1. The van der Waals surface area contributed by atoms with Gasteiger partial charge in [0.05, 0.1) is 6.10 Å². The van der Waals surface area contributed by atoms with Gasteiger partial charge in [-0.25, -0.2) is 4.79 Å². The Balaban J connectivity index is 3.30. The molecule has 0 bridgehead atoms. The molecule has 2 atom stereocenters. The molecule has 0 fully saturated rings. The van der Waals surface area contributed by atoms with Crippen molar-refractivity contribution in [3.05, 3.63) is 0 Å². The molecule has 0 aromatic carbocycles. The lowest BCUT2D eigenvalue weighted by Gasteiger charge is -2.16. The molecule has 0 aliphatic rings. The predicted octanol–water partition coefficient (Wildman–Crippen LogP) is 6.37. The van der Waals surface area contributed by atoms with Crippen LogP contribution in [0.2, 0.25) is 0 Å². The summed E-state index contributed by atoms with van der Waals surface area (Å²) in [6.07, 6.45) is 22.7. The predicted molar refractivity (Wildman–Crippen MR) is 125 cm³/mol. The Morgan fingerprint density at radius 1 is 0.667 bits per heavy atom. The lowest BCUT2D eigenvalue weighted by atomic mass is 10.0. The summed E-state index contributed by atoms with van der Waals surface area (Å²) in [6.45, 7) is 3.64. The molecule has 0 aliphatic heterocycles. The minimum atomic E-state index is -1.21. The Labute approximate surface area is 185 Å². The Kier molecular flexibility index (Phi) is 20.4. The zero-order valence-corrected chi connectivity index (χ0v) is 19.8. The summed E-state index contributed by atoms with van der Waals surface area (Å²) in [6, 6.07) is -1.21. The Morgan fingerprint density at radius 2 is 1.00 bits per heavy atom. The van der Waals surface area contributed by atoms with Crippen molar-refractivity contribution < 1.29 is 19.8 Å². The molecular formula is C25H49NO4. The van der Waals surface area contributed by atoms with E-state index in [1.807, 2.05) is 0 Å². The van der Waals surface area contributed by atoms with Crippen molar-refractivity contribution in [1.29, 1.82) is 0 Å². The SMILES string of the molecule is CCCCCCCCCCCCCCCCCCCCC(=O)N[C@H](C(=O)O)[C@@H](C)O. The number of unbranched alkanes of at least 4 members (excludes halogenated alkanes) is 17. The molecule has 178 valence electrons. The number of carbonyl (C=O) groups is 2. The van der Waals surface area contributed by atoms with Crippen molar-refractivity contribution in [1.82, 2.24) is 5.32 Å². The van der Waals surface area contributed by atoms with Gasteiger partial charge < -0.3 is 15.5 Å². The fraction of sp³-hybridized carbons (Fsp3) is 0.920. The third-order valence-electron chi connectivity index (χ3n) is 5.82. The highest BCUT2D eigenvalue weighted by Crippen LogP contribution is 2.14. The van der Waals surface area contributed by atoms with E-state index in [-0.39, 0.29) is 5.91 Å². The van der Waals surface area contributed by atoms with E-state index in [1.54, 1.807) is 0 Å².